The van der Waals surface area contributed by atoms with Crippen LogP contribution in [0.2, 0.25) is 38.3 Å². The molecule has 0 bridgehead atoms. The Morgan fingerprint density at radius 1 is 0.415 bits per heavy atom. The van der Waals surface area contributed by atoms with Gasteiger partial charge in [0, 0.05) is 13.2 Å². The first-order valence-corrected chi connectivity index (χ1v) is 27.8. The van der Waals surface area contributed by atoms with Crippen molar-refractivity contribution in [3.8, 4) is 0 Å². The monoisotopic (exact) mass is 797 g/mol. The lowest BCUT2D eigenvalue weighted by molar-refractivity contribution is 0.260. The zero-order valence-corrected chi connectivity index (χ0v) is 34.8. The van der Waals surface area contributed by atoms with Crippen LogP contribution < -0.4 is 20.7 Å². The molecule has 0 saturated carbocycles. The number of hydrogen-bond acceptors (Lipinski definition) is 4. The Morgan fingerprint density at radius 2 is 0.755 bits per heavy atom. The lowest BCUT2D eigenvalue weighted by Gasteiger charge is -2.42. The quantitative estimate of drug-likeness (QED) is 0.0940. The lowest BCUT2D eigenvalue weighted by atomic mass is 10.4. The molecule has 0 saturated heterocycles. The van der Waals surface area contributed by atoms with Gasteiger partial charge in [0.2, 0.25) is 8.32 Å². The molecule has 0 aliphatic rings. The summed E-state index contributed by atoms with van der Waals surface area (Å²) in [4.78, 5) is 0. The van der Waals surface area contributed by atoms with Gasteiger partial charge in [0.05, 0.1) is 0 Å². The average Bonchev–Trinajstić information content (AvgIpc) is 3.10. The van der Waals surface area contributed by atoms with Crippen LogP contribution in [0.4, 0.5) is 0 Å². The van der Waals surface area contributed by atoms with Crippen LogP contribution in [0.5, 0.6) is 0 Å². The first kappa shape index (κ1) is 54.9. The number of unbranched alkanes of at least 4 members (excludes halogenated alkanes) is 2. The maximum Gasteiger partial charge on any atom is 0.397 e. The van der Waals surface area contributed by atoms with Gasteiger partial charge in [-0.2, -0.15) is 0 Å². The topological polar surface area (TPSA) is 36.9 Å². The number of hydrogen-bond donors (Lipinski definition) is 0. The smallest absolute Gasteiger partial charge is 0.397 e. The fourth-order valence-corrected chi connectivity index (χ4v) is 24.3. The van der Waals surface area contributed by atoms with Crippen LogP contribution >= 0.6 is 0 Å². The summed E-state index contributed by atoms with van der Waals surface area (Å²) in [5.74, 6) is 0. The highest BCUT2D eigenvalue weighted by atomic mass is 28.4. The molecule has 0 aliphatic heterocycles. The van der Waals surface area contributed by atoms with E-state index < -0.39 is 33.8 Å². The van der Waals surface area contributed by atoms with Crippen molar-refractivity contribution in [3.63, 3.8) is 0 Å². The minimum atomic E-state index is -3.04. The van der Waals surface area contributed by atoms with Crippen LogP contribution in [0.1, 0.15) is 90.5 Å². The maximum absolute atomic E-state index is 7.77. The second kappa shape index (κ2) is 27.2. The molecule has 0 fully saturated rings. The van der Waals surface area contributed by atoms with Crippen LogP contribution in [-0.2, 0) is 17.1 Å². The van der Waals surface area contributed by atoms with Crippen molar-refractivity contribution in [2.75, 3.05) is 13.2 Å². The van der Waals surface area contributed by atoms with Gasteiger partial charge >= 0.3 is 17.1 Å². The van der Waals surface area contributed by atoms with Gasteiger partial charge in [0.15, 0.2) is 8.32 Å². The Labute approximate surface area is 333 Å². The molecule has 53 heavy (non-hydrogen) atoms. The van der Waals surface area contributed by atoms with E-state index in [1.807, 2.05) is 6.92 Å². The first-order valence-electron chi connectivity index (χ1n) is 18.0. The van der Waals surface area contributed by atoms with Crippen molar-refractivity contribution in [3.05, 3.63) is 121 Å². The standard InChI is InChI=1S/C30H34O2Si2.C10H26O2Si2.5CH4/c1-3-5-26-33(27-18-10-6-11-19-27,28-20-12-7-13-21-28)32-34(31-4-2,29-22-14-8-15-23-29)30-24-16-9-17-25-30;1-7-9-10-13(3,4)12-14(5,6)11-8-2;;;;;/h6-25H,3-5,26H2,1-2H3;7-10H2,1-6H3;5*1H4. The normalized spacial score (nSPS) is 11.2. The van der Waals surface area contributed by atoms with Gasteiger partial charge in [-0.05, 0) is 72.9 Å². The number of benzene rings is 4. The maximum atomic E-state index is 7.77. The fraction of sp³-hybridized carbons (Fsp3) is 0.467. The Bertz CT molecular complexity index is 1340. The molecule has 0 atom stereocenters. The lowest BCUT2D eigenvalue weighted by Crippen LogP contribution is -2.74. The third kappa shape index (κ3) is 16.1. The molecule has 4 nitrogen and oxygen atoms in total. The van der Waals surface area contributed by atoms with Crippen LogP contribution in [0, 0.1) is 0 Å². The Morgan fingerprint density at radius 3 is 1.09 bits per heavy atom. The van der Waals surface area contributed by atoms with Gasteiger partial charge in [-0.3, -0.25) is 0 Å². The SMILES string of the molecule is C.C.C.C.C.CCCC[Si](C)(C)O[Si](C)(C)OCC.CCCC[Si](O[Si](OCC)(c1ccccc1)c1ccccc1)(c1ccccc1)c1ccccc1. The van der Waals surface area contributed by atoms with Gasteiger partial charge in [0.25, 0.3) is 0 Å². The van der Waals surface area contributed by atoms with Crippen molar-refractivity contribution in [1.82, 2.24) is 0 Å². The third-order valence-corrected chi connectivity index (χ3v) is 24.2. The minimum absolute atomic E-state index is 0. The molecule has 300 valence electrons. The zero-order valence-electron chi connectivity index (χ0n) is 30.8. The van der Waals surface area contributed by atoms with Crippen LogP contribution in [-0.4, -0.2) is 47.0 Å². The highest BCUT2D eigenvalue weighted by Crippen LogP contribution is 2.24. The molecule has 4 aromatic rings. The largest absolute Gasteiger partial charge is 0.436 e. The molecular formula is C45H80O4Si4. The molecule has 8 heteroatoms. The highest BCUT2D eigenvalue weighted by Gasteiger charge is 2.52. The van der Waals surface area contributed by atoms with E-state index in [-0.39, 0.29) is 37.1 Å². The van der Waals surface area contributed by atoms with E-state index in [4.69, 9.17) is 17.1 Å². The molecule has 0 amide bonds. The van der Waals surface area contributed by atoms with E-state index in [1.165, 1.54) is 29.3 Å². The minimum Gasteiger partial charge on any atom is -0.436 e. The Hall–Kier alpha value is -2.41. The Balaban J connectivity index is -0.00000114. The summed E-state index contributed by atoms with van der Waals surface area (Å²) in [5, 5.41) is 4.92. The van der Waals surface area contributed by atoms with Gasteiger partial charge in [-0.1, -0.05) is 198 Å². The Kier molecular flexibility index (Phi) is 28.2. The second-order valence-electron chi connectivity index (χ2n) is 13.3. The van der Waals surface area contributed by atoms with E-state index in [1.54, 1.807) is 0 Å². The van der Waals surface area contributed by atoms with Crippen molar-refractivity contribution < 1.29 is 17.1 Å². The second-order valence-corrected chi connectivity index (χ2v) is 28.1. The van der Waals surface area contributed by atoms with Gasteiger partial charge in [-0.15, -0.1) is 0 Å². The highest BCUT2D eigenvalue weighted by molar-refractivity contribution is 7.07. The summed E-state index contributed by atoms with van der Waals surface area (Å²) in [7, 11) is -8.99. The van der Waals surface area contributed by atoms with E-state index in [0.717, 1.165) is 35.9 Å². The van der Waals surface area contributed by atoms with Crippen LogP contribution in [0.25, 0.3) is 0 Å². The molecule has 4 rings (SSSR count). The summed E-state index contributed by atoms with van der Waals surface area (Å²) in [5.41, 5.74) is 0. The molecule has 0 radical (unpaired) electrons. The van der Waals surface area contributed by atoms with Crippen molar-refractivity contribution >= 4 is 54.5 Å². The van der Waals surface area contributed by atoms with E-state index >= 15 is 0 Å². The fourth-order valence-electron chi connectivity index (χ4n) is 6.41. The zero-order chi connectivity index (χ0) is 34.9. The number of rotatable bonds is 18. The molecule has 0 aliphatic carbocycles. The van der Waals surface area contributed by atoms with E-state index in [2.05, 4.69) is 168 Å². The molecule has 0 N–H and O–H groups in total. The molecule has 0 heterocycles. The summed E-state index contributed by atoms with van der Waals surface area (Å²) >= 11 is 0. The van der Waals surface area contributed by atoms with Crippen molar-refractivity contribution in [1.29, 1.82) is 0 Å². The van der Waals surface area contributed by atoms with Gasteiger partial charge < -0.3 is 17.1 Å². The van der Waals surface area contributed by atoms with Crippen LogP contribution in [0.15, 0.2) is 121 Å². The van der Waals surface area contributed by atoms with Gasteiger partial charge in [0.1, 0.15) is 0 Å². The third-order valence-electron chi connectivity index (χ3n) is 8.48. The molecule has 0 spiro atoms. The van der Waals surface area contributed by atoms with Crippen LogP contribution in [0.3, 0.4) is 0 Å². The summed E-state index contributed by atoms with van der Waals surface area (Å²) in [6.07, 6.45) is 4.78. The molecular weight excluding hydrogens is 717 g/mol. The van der Waals surface area contributed by atoms with E-state index in [9.17, 15) is 0 Å². The predicted octanol–water partition coefficient (Wildman–Crippen LogP) is 11.8. The van der Waals surface area contributed by atoms with E-state index in [0.29, 0.717) is 6.61 Å². The summed E-state index contributed by atoms with van der Waals surface area (Å²) < 4.78 is 26.5. The molecule has 0 aromatic heterocycles. The first-order chi connectivity index (χ1) is 23.1. The molecule has 4 aromatic carbocycles. The predicted molar refractivity (Wildman–Crippen MR) is 249 cm³/mol. The van der Waals surface area contributed by atoms with Crippen molar-refractivity contribution in [2.45, 2.75) is 129 Å². The molecule has 0 unspecified atom stereocenters. The van der Waals surface area contributed by atoms with Gasteiger partial charge in [-0.25, -0.2) is 0 Å². The van der Waals surface area contributed by atoms with Crippen molar-refractivity contribution in [2.24, 2.45) is 0 Å². The summed E-state index contributed by atoms with van der Waals surface area (Å²) in [6.45, 7) is 18.9. The average molecular weight is 797 g/mol. The summed E-state index contributed by atoms with van der Waals surface area (Å²) in [6, 6.07) is 45.3.